The van der Waals surface area contributed by atoms with Crippen molar-refractivity contribution in [1.82, 2.24) is 10.6 Å². The van der Waals surface area contributed by atoms with Crippen molar-refractivity contribution in [3.05, 3.63) is 71.8 Å². The second-order valence-corrected chi connectivity index (χ2v) is 14.1. The van der Waals surface area contributed by atoms with E-state index in [9.17, 15) is 13.2 Å². The molecule has 1 heterocycles. The zero-order valence-corrected chi connectivity index (χ0v) is 22.8. The van der Waals surface area contributed by atoms with Crippen molar-refractivity contribution >= 4 is 27.2 Å². The van der Waals surface area contributed by atoms with Gasteiger partial charge in [-0.15, -0.1) is 0 Å². The zero-order valence-electron chi connectivity index (χ0n) is 22.0. The summed E-state index contributed by atoms with van der Waals surface area (Å²) in [7, 11) is -3.20. The Hall–Kier alpha value is -2.93. The summed E-state index contributed by atoms with van der Waals surface area (Å²) in [6.45, 7) is 0.411. The molecule has 5 aliphatic rings. The summed E-state index contributed by atoms with van der Waals surface area (Å²) < 4.78 is 23.6. The molecule has 200 valence electrons. The van der Waals surface area contributed by atoms with Gasteiger partial charge in [0.25, 0.3) is 0 Å². The van der Waals surface area contributed by atoms with Gasteiger partial charge in [-0.1, -0.05) is 42.5 Å². The van der Waals surface area contributed by atoms with Crippen LogP contribution in [0, 0.1) is 17.8 Å². The molecule has 38 heavy (non-hydrogen) atoms. The van der Waals surface area contributed by atoms with E-state index < -0.39 is 9.84 Å². The van der Waals surface area contributed by atoms with E-state index in [1.54, 1.807) is 12.1 Å². The number of carbonyl (C=O) groups is 1. The van der Waals surface area contributed by atoms with Crippen LogP contribution >= 0.6 is 0 Å². The lowest BCUT2D eigenvalue weighted by atomic mass is 9.53. The van der Waals surface area contributed by atoms with Crippen LogP contribution in [0.15, 0.2) is 70.6 Å². The quantitative estimate of drug-likeness (QED) is 0.491. The summed E-state index contributed by atoms with van der Waals surface area (Å²) in [5.41, 5.74) is 4.28. The predicted molar refractivity (Wildman–Crippen MR) is 151 cm³/mol. The maximum absolute atomic E-state index is 13.0. The summed E-state index contributed by atoms with van der Waals surface area (Å²) in [4.78, 5) is 18.3. The van der Waals surface area contributed by atoms with Crippen LogP contribution in [-0.2, 0) is 16.3 Å². The van der Waals surface area contributed by atoms with E-state index >= 15 is 0 Å². The van der Waals surface area contributed by atoms with Crippen molar-refractivity contribution < 1.29 is 13.2 Å². The van der Waals surface area contributed by atoms with Gasteiger partial charge in [-0.05, 0) is 104 Å². The molecular formula is C31H37N3O3S. The van der Waals surface area contributed by atoms with E-state index in [4.69, 9.17) is 4.99 Å². The Morgan fingerprint density at radius 3 is 2.18 bits per heavy atom. The van der Waals surface area contributed by atoms with Gasteiger partial charge in [0.15, 0.2) is 9.84 Å². The van der Waals surface area contributed by atoms with Crippen LogP contribution < -0.4 is 10.6 Å². The molecule has 4 saturated carbocycles. The number of aliphatic imine (C=N–C) groups is 1. The van der Waals surface area contributed by atoms with Crippen LogP contribution in [0.4, 0.5) is 4.79 Å². The zero-order chi connectivity index (χ0) is 26.3. The molecule has 1 atom stereocenters. The molecule has 0 aromatic heterocycles. The minimum Gasteiger partial charge on any atom is -0.333 e. The van der Waals surface area contributed by atoms with Gasteiger partial charge in [-0.25, -0.2) is 13.2 Å². The number of benzene rings is 2. The molecule has 0 radical (unpaired) electrons. The number of aryl methyl sites for hydroxylation is 1. The monoisotopic (exact) mass is 531 g/mol. The molecule has 2 N–H and O–H groups in total. The average molecular weight is 532 g/mol. The lowest BCUT2D eigenvalue weighted by Crippen LogP contribution is -2.61. The Labute approximate surface area is 225 Å². The van der Waals surface area contributed by atoms with Crippen molar-refractivity contribution in [1.29, 1.82) is 0 Å². The van der Waals surface area contributed by atoms with Gasteiger partial charge in [0.1, 0.15) is 0 Å². The highest BCUT2D eigenvalue weighted by Crippen LogP contribution is 2.55. The molecule has 0 spiro atoms. The van der Waals surface area contributed by atoms with Gasteiger partial charge >= 0.3 is 6.03 Å². The summed E-state index contributed by atoms with van der Waals surface area (Å²) in [5.74, 6) is 2.38. The predicted octanol–water partition coefficient (Wildman–Crippen LogP) is 5.20. The van der Waals surface area contributed by atoms with Gasteiger partial charge in [-0.3, -0.25) is 4.99 Å². The van der Waals surface area contributed by atoms with Gasteiger partial charge in [0.2, 0.25) is 0 Å². The topological polar surface area (TPSA) is 87.6 Å². The Bertz CT molecular complexity index is 1330. The molecule has 4 bridgehead atoms. The van der Waals surface area contributed by atoms with Crippen LogP contribution in [0.1, 0.15) is 56.1 Å². The molecule has 2 aromatic rings. The molecule has 6 nitrogen and oxygen atoms in total. The van der Waals surface area contributed by atoms with Crippen LogP contribution in [0.3, 0.4) is 0 Å². The van der Waals surface area contributed by atoms with Gasteiger partial charge < -0.3 is 10.6 Å². The standard InChI is InChI=1S/C31H37N3O3S/c1-38(36,37)27-10-7-21(8-11-27)9-12-29-28(25-5-3-2-4-6-25)16-26(33-29)20-32-30(35)34-31-17-22-13-23(18-31)15-24(14-22)19-31/h2-8,10-11,16,22-24,29H,9,12-15,17-20H2,1H3,(H2,32,34,35). The van der Waals surface area contributed by atoms with E-state index in [1.807, 2.05) is 30.3 Å². The third kappa shape index (κ3) is 5.44. The van der Waals surface area contributed by atoms with Crippen molar-refractivity contribution in [2.75, 3.05) is 12.8 Å². The normalized spacial score (nSPS) is 29.6. The van der Waals surface area contributed by atoms with Crippen LogP contribution in [-0.4, -0.2) is 44.5 Å². The first-order valence-electron chi connectivity index (χ1n) is 13.9. The van der Waals surface area contributed by atoms with E-state index in [0.717, 1.165) is 72.3 Å². The van der Waals surface area contributed by atoms with Crippen molar-refractivity contribution in [2.45, 2.75) is 67.8 Å². The molecule has 7 rings (SSSR count). The summed E-state index contributed by atoms with van der Waals surface area (Å²) in [5, 5.41) is 6.50. The van der Waals surface area contributed by atoms with E-state index in [0.29, 0.717) is 11.4 Å². The lowest BCUT2D eigenvalue weighted by Gasteiger charge is -2.56. The number of carbonyl (C=O) groups excluding carboxylic acids is 1. The molecule has 4 fully saturated rings. The second-order valence-electron chi connectivity index (χ2n) is 12.1. The molecule has 1 aliphatic heterocycles. The third-order valence-electron chi connectivity index (χ3n) is 9.01. The average Bonchev–Trinajstić information content (AvgIpc) is 3.29. The maximum atomic E-state index is 13.0. The van der Waals surface area contributed by atoms with Crippen molar-refractivity contribution in [2.24, 2.45) is 22.7 Å². The van der Waals surface area contributed by atoms with Crippen LogP contribution in [0.5, 0.6) is 0 Å². The number of hydrogen-bond donors (Lipinski definition) is 2. The summed E-state index contributed by atoms with van der Waals surface area (Å²) in [6, 6.07) is 17.3. The van der Waals surface area contributed by atoms with Gasteiger partial charge in [-0.2, -0.15) is 0 Å². The molecule has 4 aliphatic carbocycles. The minimum absolute atomic E-state index is 0.00342. The first-order chi connectivity index (χ1) is 18.2. The number of rotatable bonds is 8. The molecule has 1 unspecified atom stereocenters. The third-order valence-corrected chi connectivity index (χ3v) is 10.1. The summed E-state index contributed by atoms with van der Waals surface area (Å²) >= 11 is 0. The number of nitrogens with one attached hydrogen (secondary N) is 2. The Morgan fingerprint density at radius 2 is 1.58 bits per heavy atom. The molecule has 0 saturated heterocycles. The van der Waals surface area contributed by atoms with E-state index in [2.05, 4.69) is 28.8 Å². The largest absolute Gasteiger partial charge is 0.333 e. The summed E-state index contributed by atoms with van der Waals surface area (Å²) in [6.07, 6.45) is 12.4. The smallest absolute Gasteiger partial charge is 0.315 e. The first-order valence-corrected chi connectivity index (χ1v) is 15.8. The molecular weight excluding hydrogens is 494 g/mol. The molecule has 7 heteroatoms. The van der Waals surface area contributed by atoms with E-state index in [-0.39, 0.29) is 17.6 Å². The highest BCUT2D eigenvalue weighted by Gasteiger charge is 2.51. The number of amides is 2. The lowest BCUT2D eigenvalue weighted by molar-refractivity contribution is -0.0134. The van der Waals surface area contributed by atoms with Crippen LogP contribution in [0.25, 0.3) is 5.57 Å². The van der Waals surface area contributed by atoms with Crippen molar-refractivity contribution in [3.8, 4) is 0 Å². The maximum Gasteiger partial charge on any atom is 0.315 e. The number of hydrogen-bond acceptors (Lipinski definition) is 4. The van der Waals surface area contributed by atoms with Gasteiger partial charge in [0, 0.05) is 11.8 Å². The highest BCUT2D eigenvalue weighted by atomic mass is 32.2. The molecule has 2 aromatic carbocycles. The fraction of sp³-hybridized carbons (Fsp3) is 0.484. The SMILES string of the molecule is CS(=O)(=O)c1ccc(CCC2N=C(CNC(=O)NC34CC5CC(CC(C5)C3)C4)C=C2c2ccccc2)cc1. The Kier molecular flexibility index (Phi) is 6.67. The number of urea groups is 1. The number of nitrogens with zero attached hydrogens (tertiary/aromatic N) is 1. The fourth-order valence-electron chi connectivity index (χ4n) is 7.73. The Balaban J connectivity index is 1.10. The van der Waals surface area contributed by atoms with Gasteiger partial charge in [0.05, 0.1) is 23.2 Å². The minimum atomic E-state index is -3.20. The van der Waals surface area contributed by atoms with E-state index in [1.165, 1.54) is 25.5 Å². The van der Waals surface area contributed by atoms with Crippen LogP contribution in [0.2, 0.25) is 0 Å². The Morgan fingerprint density at radius 1 is 0.947 bits per heavy atom. The fourth-order valence-corrected chi connectivity index (χ4v) is 8.36. The second kappa shape index (κ2) is 9.99. The first kappa shape index (κ1) is 25.4. The number of sulfone groups is 1. The molecule has 2 amide bonds. The van der Waals surface area contributed by atoms with Crippen molar-refractivity contribution in [3.63, 3.8) is 0 Å². The highest BCUT2D eigenvalue weighted by molar-refractivity contribution is 7.90.